The molecule has 9 nitrogen and oxygen atoms in total. The number of carbonyl (C=O) groups is 5. The number of benzene rings is 2. The van der Waals surface area contributed by atoms with E-state index in [2.05, 4.69) is 0 Å². The van der Waals surface area contributed by atoms with Crippen LogP contribution in [0.4, 0.5) is 0 Å². The van der Waals surface area contributed by atoms with E-state index in [0.29, 0.717) is 16.9 Å². The summed E-state index contributed by atoms with van der Waals surface area (Å²) >= 11 is 0. The maximum atomic E-state index is 12.2. The molecule has 0 amide bonds. The fraction of sp³-hybridized carbons (Fsp3) is 0.160. The van der Waals surface area contributed by atoms with Crippen LogP contribution in [-0.4, -0.2) is 43.5 Å². The Balaban J connectivity index is 2.15. The van der Waals surface area contributed by atoms with Gasteiger partial charge in [-0.3, -0.25) is 19.2 Å². The van der Waals surface area contributed by atoms with Crippen LogP contribution in [0.3, 0.4) is 0 Å². The largest absolute Gasteiger partial charge is 0.493 e. The lowest BCUT2D eigenvalue weighted by Gasteiger charge is -2.10. The summed E-state index contributed by atoms with van der Waals surface area (Å²) in [5.41, 5.74) is 1.13. The maximum absolute atomic E-state index is 12.2. The Morgan fingerprint density at radius 3 is 1.94 bits per heavy atom. The summed E-state index contributed by atoms with van der Waals surface area (Å²) in [6.07, 6.45) is 5.51. The molecule has 0 saturated heterocycles. The Labute approximate surface area is 195 Å². The highest BCUT2D eigenvalue weighted by atomic mass is 16.6. The van der Waals surface area contributed by atoms with E-state index in [1.807, 2.05) is 0 Å². The van der Waals surface area contributed by atoms with E-state index >= 15 is 0 Å². The lowest BCUT2D eigenvalue weighted by atomic mass is 10.1. The van der Waals surface area contributed by atoms with Gasteiger partial charge in [0.05, 0.1) is 13.7 Å². The van der Waals surface area contributed by atoms with Crippen LogP contribution in [0.5, 0.6) is 23.0 Å². The minimum Gasteiger partial charge on any atom is -0.493 e. The van der Waals surface area contributed by atoms with Crippen molar-refractivity contribution in [2.24, 2.45) is 0 Å². The summed E-state index contributed by atoms with van der Waals surface area (Å²) in [6.45, 7) is 3.28. The molecule has 2 aromatic carbocycles. The van der Waals surface area contributed by atoms with Gasteiger partial charge < -0.3 is 18.9 Å². The van der Waals surface area contributed by atoms with Gasteiger partial charge >= 0.3 is 17.7 Å². The van der Waals surface area contributed by atoms with Crippen LogP contribution in [-0.2, 0) is 24.0 Å². The van der Waals surface area contributed by atoms with Crippen molar-refractivity contribution in [2.45, 2.75) is 13.8 Å². The molecule has 0 heterocycles. The zero-order valence-corrected chi connectivity index (χ0v) is 18.7. The Bertz CT molecular complexity index is 1160. The van der Waals surface area contributed by atoms with Crippen LogP contribution in [0.1, 0.15) is 25.0 Å². The number of aldehydes is 1. The van der Waals surface area contributed by atoms with Gasteiger partial charge in [0.2, 0.25) is 0 Å². The topological polar surface area (TPSA) is 122 Å². The quantitative estimate of drug-likeness (QED) is 0.123. The number of ether oxygens (including phenoxy) is 4. The molecule has 0 fully saturated rings. The van der Waals surface area contributed by atoms with Crippen molar-refractivity contribution in [1.29, 1.82) is 0 Å². The van der Waals surface area contributed by atoms with Crippen LogP contribution in [0, 0.1) is 0 Å². The SMILES string of the molecule is CCOc1ccc(/C=C/C(=O)/C=C/c2ccc(OC(C)=O)c(OC)c2)cc1OC(=O)C(=O)C=O. The van der Waals surface area contributed by atoms with Crippen molar-refractivity contribution in [3.63, 3.8) is 0 Å². The van der Waals surface area contributed by atoms with Crippen molar-refractivity contribution >= 4 is 41.9 Å². The first kappa shape index (κ1) is 25.7. The van der Waals surface area contributed by atoms with Crippen LogP contribution >= 0.6 is 0 Å². The number of rotatable bonds is 11. The molecule has 9 heteroatoms. The molecule has 0 aliphatic heterocycles. The van der Waals surface area contributed by atoms with Gasteiger partial charge in [-0.15, -0.1) is 0 Å². The van der Waals surface area contributed by atoms with Crippen LogP contribution < -0.4 is 18.9 Å². The molecular formula is C25H22O9. The Morgan fingerprint density at radius 2 is 1.41 bits per heavy atom. The molecule has 0 aliphatic rings. The van der Waals surface area contributed by atoms with Gasteiger partial charge in [-0.2, -0.15) is 0 Å². The van der Waals surface area contributed by atoms with Gasteiger partial charge in [0, 0.05) is 6.92 Å². The zero-order valence-electron chi connectivity index (χ0n) is 18.7. The van der Waals surface area contributed by atoms with Crippen LogP contribution in [0.25, 0.3) is 12.2 Å². The molecule has 0 bridgehead atoms. The molecule has 0 radical (unpaired) electrons. The fourth-order valence-corrected chi connectivity index (χ4v) is 2.62. The molecule has 2 rings (SSSR count). The smallest absolute Gasteiger partial charge is 0.388 e. The van der Waals surface area contributed by atoms with Gasteiger partial charge in [-0.05, 0) is 54.5 Å². The molecule has 0 saturated carbocycles. The Kier molecular flexibility index (Phi) is 9.45. The molecule has 0 atom stereocenters. The first-order valence-electron chi connectivity index (χ1n) is 10.0. The highest BCUT2D eigenvalue weighted by Crippen LogP contribution is 2.30. The molecule has 0 unspecified atom stereocenters. The van der Waals surface area contributed by atoms with Gasteiger partial charge in [-0.25, -0.2) is 4.79 Å². The number of carbonyl (C=O) groups excluding carboxylic acids is 5. The molecular weight excluding hydrogens is 444 g/mol. The Hall–Kier alpha value is -4.53. The van der Waals surface area contributed by atoms with Crippen molar-refractivity contribution in [1.82, 2.24) is 0 Å². The molecule has 0 aliphatic carbocycles. The van der Waals surface area contributed by atoms with Gasteiger partial charge in [0.15, 0.2) is 35.1 Å². The lowest BCUT2D eigenvalue weighted by Crippen LogP contribution is -2.21. The van der Waals surface area contributed by atoms with Gasteiger partial charge in [0.25, 0.3) is 0 Å². The molecule has 2 aromatic rings. The third kappa shape index (κ3) is 7.56. The summed E-state index contributed by atoms with van der Waals surface area (Å²) in [5, 5.41) is 0. The normalized spacial score (nSPS) is 10.7. The number of allylic oxidation sites excluding steroid dienone is 2. The van der Waals surface area contributed by atoms with Gasteiger partial charge in [0.1, 0.15) is 0 Å². The summed E-state index contributed by atoms with van der Waals surface area (Å²) in [5.74, 6) is -2.76. The van der Waals surface area contributed by atoms with E-state index in [-0.39, 0.29) is 35.9 Å². The van der Waals surface area contributed by atoms with E-state index in [0.717, 1.165) is 0 Å². The number of hydrogen-bond acceptors (Lipinski definition) is 9. The number of hydrogen-bond donors (Lipinski definition) is 0. The second-order valence-corrected chi connectivity index (χ2v) is 6.58. The van der Waals surface area contributed by atoms with Crippen molar-refractivity contribution in [3.05, 3.63) is 59.7 Å². The monoisotopic (exact) mass is 466 g/mol. The lowest BCUT2D eigenvalue weighted by molar-refractivity contribution is -0.148. The van der Waals surface area contributed by atoms with E-state index in [1.54, 1.807) is 37.3 Å². The average Bonchev–Trinajstić information content (AvgIpc) is 2.82. The second-order valence-electron chi connectivity index (χ2n) is 6.58. The van der Waals surface area contributed by atoms with Crippen molar-refractivity contribution in [3.8, 4) is 23.0 Å². The van der Waals surface area contributed by atoms with E-state index in [4.69, 9.17) is 18.9 Å². The Morgan fingerprint density at radius 1 is 0.824 bits per heavy atom. The molecule has 34 heavy (non-hydrogen) atoms. The fourth-order valence-electron chi connectivity index (χ4n) is 2.62. The van der Waals surface area contributed by atoms with E-state index < -0.39 is 17.7 Å². The minimum absolute atomic E-state index is 0.0628. The van der Waals surface area contributed by atoms with Crippen molar-refractivity contribution < 1.29 is 42.9 Å². The minimum atomic E-state index is -1.34. The van der Waals surface area contributed by atoms with Gasteiger partial charge in [-0.1, -0.05) is 24.3 Å². The van der Waals surface area contributed by atoms with Crippen LogP contribution in [0.2, 0.25) is 0 Å². The first-order chi connectivity index (χ1) is 16.3. The van der Waals surface area contributed by atoms with E-state index in [1.165, 1.54) is 44.4 Å². The highest BCUT2D eigenvalue weighted by molar-refractivity contribution is 6.56. The molecule has 0 aromatic heterocycles. The standard InChI is InChI=1S/C25H22O9/c1-4-32-21-11-7-18(14-24(21)34-25(30)20(29)15-26)6-10-19(28)9-5-17-8-12-22(33-16(2)27)23(13-17)31-3/h5-15H,4H2,1-3H3/b9-5+,10-6+. The molecule has 0 spiro atoms. The number of methoxy groups -OCH3 is 1. The summed E-state index contributed by atoms with van der Waals surface area (Å²) in [4.78, 5) is 56.7. The number of ketones is 2. The third-order valence-electron chi connectivity index (χ3n) is 4.10. The number of esters is 2. The summed E-state index contributed by atoms with van der Waals surface area (Å²) in [6, 6.07) is 9.34. The zero-order chi connectivity index (χ0) is 25.1. The van der Waals surface area contributed by atoms with Crippen molar-refractivity contribution in [2.75, 3.05) is 13.7 Å². The van der Waals surface area contributed by atoms with Crippen LogP contribution in [0.15, 0.2) is 48.6 Å². The first-order valence-corrected chi connectivity index (χ1v) is 10.0. The number of Topliss-reactive ketones (excluding diaryl/α,β-unsaturated/α-hetero) is 1. The molecule has 0 N–H and O–H groups in total. The summed E-state index contributed by atoms with van der Waals surface area (Å²) < 4.78 is 20.5. The molecule has 176 valence electrons. The summed E-state index contributed by atoms with van der Waals surface area (Å²) in [7, 11) is 1.43. The predicted octanol–water partition coefficient (Wildman–Crippen LogP) is 2.99. The second kappa shape index (κ2) is 12.5. The third-order valence-corrected chi connectivity index (χ3v) is 4.10. The van der Waals surface area contributed by atoms with E-state index in [9.17, 15) is 24.0 Å². The maximum Gasteiger partial charge on any atom is 0.388 e. The predicted molar refractivity (Wildman–Crippen MR) is 122 cm³/mol. The highest BCUT2D eigenvalue weighted by Gasteiger charge is 2.18. The average molecular weight is 466 g/mol.